The van der Waals surface area contributed by atoms with E-state index in [1.165, 1.54) is 0 Å². The highest BCUT2D eigenvalue weighted by Gasteiger charge is 2.10. The molecule has 0 N–H and O–H groups in total. The summed E-state index contributed by atoms with van der Waals surface area (Å²) in [7, 11) is 1.62. The minimum absolute atomic E-state index is 0.670. The SMILES string of the molecule is COc1cc(Br)c(Oc2ccc(CBr)c(Cl)c2)cc1Br. The highest BCUT2D eigenvalue weighted by molar-refractivity contribution is 9.11. The van der Waals surface area contributed by atoms with E-state index < -0.39 is 0 Å². The van der Waals surface area contributed by atoms with Gasteiger partial charge in [0.1, 0.15) is 17.2 Å². The van der Waals surface area contributed by atoms with Crippen molar-refractivity contribution in [1.82, 2.24) is 0 Å². The lowest BCUT2D eigenvalue weighted by Crippen LogP contribution is -1.90. The van der Waals surface area contributed by atoms with Crippen LogP contribution in [0.2, 0.25) is 5.02 Å². The molecule has 0 radical (unpaired) electrons. The molecule has 0 saturated heterocycles. The van der Waals surface area contributed by atoms with E-state index in [2.05, 4.69) is 47.8 Å². The van der Waals surface area contributed by atoms with E-state index in [0.29, 0.717) is 21.9 Å². The standard InChI is InChI=1S/C14H10Br3ClO2/c1-19-13-5-11(17)14(6-10(13)16)20-9-3-2-8(7-15)12(18)4-9/h2-6H,7H2,1H3. The summed E-state index contributed by atoms with van der Waals surface area (Å²) >= 11 is 16.4. The molecule has 0 aromatic heterocycles. The number of alkyl halides is 1. The first kappa shape index (κ1) is 16.1. The van der Waals surface area contributed by atoms with Crippen LogP contribution in [0.4, 0.5) is 0 Å². The van der Waals surface area contributed by atoms with Crippen LogP contribution in [0.3, 0.4) is 0 Å². The number of hydrogen-bond acceptors (Lipinski definition) is 2. The number of hydrogen-bond donors (Lipinski definition) is 0. The second kappa shape index (κ2) is 7.16. The van der Waals surface area contributed by atoms with Crippen LogP contribution in [-0.4, -0.2) is 7.11 Å². The minimum atomic E-state index is 0.670. The smallest absolute Gasteiger partial charge is 0.143 e. The molecule has 0 spiro atoms. The van der Waals surface area contributed by atoms with Gasteiger partial charge in [-0.3, -0.25) is 0 Å². The van der Waals surface area contributed by atoms with Gasteiger partial charge >= 0.3 is 0 Å². The molecule has 2 rings (SSSR count). The molecule has 20 heavy (non-hydrogen) atoms. The summed E-state index contributed by atoms with van der Waals surface area (Å²) in [4.78, 5) is 0. The fraction of sp³-hybridized carbons (Fsp3) is 0.143. The monoisotopic (exact) mass is 482 g/mol. The Labute approximate surface area is 147 Å². The summed E-state index contributed by atoms with van der Waals surface area (Å²) in [6.45, 7) is 0. The lowest BCUT2D eigenvalue weighted by molar-refractivity contribution is 0.409. The Hall–Kier alpha value is -0.230. The van der Waals surface area contributed by atoms with E-state index in [4.69, 9.17) is 21.1 Å². The fourth-order valence-electron chi connectivity index (χ4n) is 1.57. The first-order chi connectivity index (χ1) is 9.55. The molecular weight excluding hydrogens is 475 g/mol. The lowest BCUT2D eigenvalue weighted by Gasteiger charge is -2.12. The van der Waals surface area contributed by atoms with E-state index in [1.54, 1.807) is 13.2 Å². The van der Waals surface area contributed by atoms with Gasteiger partial charge in [-0.05, 0) is 61.7 Å². The van der Waals surface area contributed by atoms with Crippen molar-refractivity contribution in [2.24, 2.45) is 0 Å². The van der Waals surface area contributed by atoms with Crippen molar-refractivity contribution in [2.45, 2.75) is 5.33 Å². The van der Waals surface area contributed by atoms with Crippen LogP contribution in [0.15, 0.2) is 39.3 Å². The van der Waals surface area contributed by atoms with Crippen molar-refractivity contribution >= 4 is 59.4 Å². The third kappa shape index (κ3) is 3.70. The molecule has 0 atom stereocenters. The van der Waals surface area contributed by atoms with Crippen molar-refractivity contribution in [2.75, 3.05) is 7.11 Å². The topological polar surface area (TPSA) is 18.5 Å². The fourth-order valence-corrected chi connectivity index (χ4v) is 3.35. The third-order valence-electron chi connectivity index (χ3n) is 2.60. The normalized spacial score (nSPS) is 10.4. The maximum Gasteiger partial charge on any atom is 0.143 e. The van der Waals surface area contributed by atoms with Gasteiger partial charge in [-0.2, -0.15) is 0 Å². The van der Waals surface area contributed by atoms with Gasteiger partial charge in [0.2, 0.25) is 0 Å². The highest BCUT2D eigenvalue weighted by atomic mass is 79.9. The molecule has 0 aliphatic heterocycles. The predicted octanol–water partition coefficient (Wildman–Crippen LogP) is 6.56. The zero-order valence-corrected chi connectivity index (χ0v) is 15.9. The Bertz CT molecular complexity index is 632. The summed E-state index contributed by atoms with van der Waals surface area (Å²) in [6.07, 6.45) is 0. The van der Waals surface area contributed by atoms with Crippen molar-refractivity contribution < 1.29 is 9.47 Å². The summed E-state index contributed by atoms with van der Waals surface area (Å²) in [5.41, 5.74) is 1.02. The number of ether oxygens (including phenoxy) is 2. The maximum absolute atomic E-state index is 6.16. The molecule has 6 heteroatoms. The van der Waals surface area contributed by atoms with Gasteiger partial charge in [-0.1, -0.05) is 33.6 Å². The van der Waals surface area contributed by atoms with Crippen LogP contribution in [-0.2, 0) is 5.33 Å². The second-order valence-electron chi connectivity index (χ2n) is 3.91. The molecular formula is C14H10Br3ClO2. The molecule has 0 bridgehead atoms. The third-order valence-corrected chi connectivity index (χ3v) is 4.80. The van der Waals surface area contributed by atoms with E-state index in [0.717, 1.165) is 20.3 Å². The maximum atomic E-state index is 6.16. The van der Waals surface area contributed by atoms with Crippen molar-refractivity contribution in [1.29, 1.82) is 0 Å². The predicted molar refractivity (Wildman–Crippen MR) is 92.6 cm³/mol. The van der Waals surface area contributed by atoms with Crippen molar-refractivity contribution in [3.63, 3.8) is 0 Å². The van der Waals surface area contributed by atoms with Crippen LogP contribution < -0.4 is 9.47 Å². The summed E-state index contributed by atoms with van der Waals surface area (Å²) < 4.78 is 12.7. The molecule has 0 fully saturated rings. The van der Waals surface area contributed by atoms with E-state index in [9.17, 15) is 0 Å². The van der Waals surface area contributed by atoms with E-state index >= 15 is 0 Å². The molecule has 0 aliphatic rings. The van der Waals surface area contributed by atoms with Crippen LogP contribution in [0.25, 0.3) is 0 Å². The van der Waals surface area contributed by atoms with Crippen molar-refractivity contribution in [3.05, 3.63) is 49.9 Å². The molecule has 0 heterocycles. The van der Waals surface area contributed by atoms with Gasteiger partial charge in [-0.25, -0.2) is 0 Å². The molecule has 2 nitrogen and oxygen atoms in total. The summed E-state index contributed by atoms with van der Waals surface area (Å²) in [5, 5.41) is 1.38. The van der Waals surface area contributed by atoms with E-state index in [1.807, 2.05) is 24.3 Å². The zero-order valence-electron chi connectivity index (χ0n) is 10.4. The minimum Gasteiger partial charge on any atom is -0.496 e. The molecule has 0 unspecified atom stereocenters. The van der Waals surface area contributed by atoms with Gasteiger partial charge in [0.05, 0.1) is 16.1 Å². The molecule has 106 valence electrons. The number of methoxy groups -OCH3 is 1. The summed E-state index contributed by atoms with van der Waals surface area (Å²) in [5.74, 6) is 2.09. The van der Waals surface area contributed by atoms with E-state index in [-0.39, 0.29) is 0 Å². The molecule has 2 aromatic carbocycles. The van der Waals surface area contributed by atoms with Crippen LogP contribution in [0, 0.1) is 0 Å². The van der Waals surface area contributed by atoms with Crippen molar-refractivity contribution in [3.8, 4) is 17.2 Å². The largest absolute Gasteiger partial charge is 0.496 e. The van der Waals surface area contributed by atoms with Gasteiger partial charge in [-0.15, -0.1) is 0 Å². The van der Waals surface area contributed by atoms with Gasteiger partial charge in [0, 0.05) is 10.4 Å². The number of rotatable bonds is 4. The average Bonchev–Trinajstić information content (AvgIpc) is 2.42. The Morgan fingerprint density at radius 3 is 2.30 bits per heavy atom. The number of halogens is 4. The Kier molecular flexibility index (Phi) is 5.78. The second-order valence-corrected chi connectivity index (χ2v) is 6.58. The Morgan fingerprint density at radius 1 is 1.05 bits per heavy atom. The van der Waals surface area contributed by atoms with Crippen LogP contribution in [0.5, 0.6) is 17.2 Å². The summed E-state index contributed by atoms with van der Waals surface area (Å²) in [6, 6.07) is 9.29. The quantitative estimate of drug-likeness (QED) is 0.457. The van der Waals surface area contributed by atoms with Gasteiger partial charge in [0.15, 0.2) is 0 Å². The first-order valence-corrected chi connectivity index (χ1v) is 8.69. The Morgan fingerprint density at radius 2 is 1.70 bits per heavy atom. The first-order valence-electron chi connectivity index (χ1n) is 5.60. The van der Waals surface area contributed by atoms with Gasteiger partial charge in [0.25, 0.3) is 0 Å². The molecule has 0 aliphatic carbocycles. The van der Waals surface area contributed by atoms with Crippen LogP contribution in [0.1, 0.15) is 5.56 Å². The molecule has 2 aromatic rings. The average molecular weight is 485 g/mol. The zero-order chi connectivity index (χ0) is 14.7. The van der Waals surface area contributed by atoms with Crippen LogP contribution >= 0.6 is 59.4 Å². The number of benzene rings is 2. The lowest BCUT2D eigenvalue weighted by atomic mass is 10.2. The Balaban J connectivity index is 2.30. The molecule has 0 saturated carbocycles. The van der Waals surface area contributed by atoms with Gasteiger partial charge < -0.3 is 9.47 Å². The molecule has 0 amide bonds. The highest BCUT2D eigenvalue weighted by Crippen LogP contribution is 2.38.